The molecule has 0 aromatic rings. The van der Waals surface area contributed by atoms with Gasteiger partial charge in [-0.15, -0.1) is 0 Å². The molecule has 138 valence electrons. The monoisotopic (exact) mass is 338 g/mol. The first-order chi connectivity index (χ1) is 11.7. The average molecular weight is 338 g/mol. The Bertz CT molecular complexity index is 410. The summed E-state index contributed by atoms with van der Waals surface area (Å²) in [6.07, 6.45) is 7.94. The van der Waals surface area contributed by atoms with E-state index in [2.05, 4.69) is 22.0 Å². The number of rotatable bonds is 7. The Kier molecular flexibility index (Phi) is 7.99. The predicted octanol–water partition coefficient (Wildman–Crippen LogP) is 0.955. The summed E-state index contributed by atoms with van der Waals surface area (Å²) in [5.41, 5.74) is 5.44. The molecule has 24 heavy (non-hydrogen) atoms. The van der Waals surface area contributed by atoms with Gasteiger partial charge in [0.25, 0.3) is 0 Å². The van der Waals surface area contributed by atoms with Gasteiger partial charge in [0, 0.05) is 32.2 Å². The number of hydrogen-bond acceptors (Lipinski definition) is 4. The van der Waals surface area contributed by atoms with Crippen LogP contribution in [0.2, 0.25) is 0 Å². The van der Waals surface area contributed by atoms with E-state index in [-0.39, 0.29) is 17.7 Å². The highest BCUT2D eigenvalue weighted by atomic mass is 16.2. The summed E-state index contributed by atoms with van der Waals surface area (Å²) in [6, 6.07) is 0.421. The summed E-state index contributed by atoms with van der Waals surface area (Å²) in [7, 11) is 0. The van der Waals surface area contributed by atoms with Crippen molar-refractivity contribution in [2.24, 2.45) is 11.7 Å². The van der Waals surface area contributed by atoms with Crippen LogP contribution in [0.25, 0.3) is 0 Å². The van der Waals surface area contributed by atoms with E-state index in [1.165, 1.54) is 19.3 Å². The topological polar surface area (TPSA) is 78.7 Å². The Balaban J connectivity index is 1.84. The largest absolute Gasteiger partial charge is 0.355 e. The van der Waals surface area contributed by atoms with Crippen molar-refractivity contribution in [2.75, 3.05) is 39.3 Å². The second-order valence-electron chi connectivity index (χ2n) is 7.13. The molecule has 1 saturated heterocycles. The van der Waals surface area contributed by atoms with E-state index in [0.717, 1.165) is 38.8 Å². The Morgan fingerprint density at radius 2 is 1.92 bits per heavy atom. The highest BCUT2D eigenvalue weighted by molar-refractivity contribution is 5.80. The minimum atomic E-state index is -0.0112. The molecular weight excluding hydrogens is 304 g/mol. The molecule has 0 aromatic heterocycles. The van der Waals surface area contributed by atoms with E-state index < -0.39 is 0 Å². The number of amides is 2. The fraction of sp³-hybridized carbons (Fsp3) is 0.889. The Morgan fingerprint density at radius 3 is 2.58 bits per heavy atom. The third kappa shape index (κ3) is 5.45. The minimum Gasteiger partial charge on any atom is -0.355 e. The molecule has 6 nitrogen and oxygen atoms in total. The minimum absolute atomic E-state index is 0.0112. The molecule has 1 aliphatic heterocycles. The van der Waals surface area contributed by atoms with Gasteiger partial charge in [-0.25, -0.2) is 0 Å². The maximum absolute atomic E-state index is 12.8. The van der Waals surface area contributed by atoms with Crippen LogP contribution in [-0.4, -0.2) is 66.9 Å². The summed E-state index contributed by atoms with van der Waals surface area (Å²) >= 11 is 0. The number of carbonyl (C=O) groups excluding carboxylic acids is 2. The molecule has 1 atom stereocenters. The Labute approximate surface area is 146 Å². The van der Waals surface area contributed by atoms with E-state index in [1.54, 1.807) is 0 Å². The molecule has 0 aromatic carbocycles. The molecule has 0 bridgehead atoms. The molecule has 2 amide bonds. The van der Waals surface area contributed by atoms with Gasteiger partial charge in [0.05, 0.1) is 12.5 Å². The van der Waals surface area contributed by atoms with Gasteiger partial charge in [0.15, 0.2) is 0 Å². The lowest BCUT2D eigenvalue weighted by Crippen LogP contribution is -2.50. The smallest absolute Gasteiger partial charge is 0.236 e. The fourth-order valence-electron chi connectivity index (χ4n) is 4.07. The Hall–Kier alpha value is -1.14. The normalized spacial score (nSPS) is 23.0. The van der Waals surface area contributed by atoms with Crippen molar-refractivity contribution < 1.29 is 9.59 Å². The molecule has 1 aliphatic carbocycles. The second kappa shape index (κ2) is 9.99. The lowest BCUT2D eigenvalue weighted by Gasteiger charge is -2.37. The third-order valence-electron chi connectivity index (χ3n) is 5.36. The van der Waals surface area contributed by atoms with Crippen LogP contribution in [0.15, 0.2) is 0 Å². The highest BCUT2D eigenvalue weighted by Gasteiger charge is 2.29. The number of carbonyl (C=O) groups is 2. The van der Waals surface area contributed by atoms with Gasteiger partial charge in [-0.05, 0) is 39.2 Å². The van der Waals surface area contributed by atoms with Crippen molar-refractivity contribution >= 4 is 11.8 Å². The molecule has 1 unspecified atom stereocenters. The van der Waals surface area contributed by atoms with E-state index in [1.807, 2.05) is 0 Å². The molecule has 1 saturated carbocycles. The standard InChI is InChI=1S/C18H34N4O2/c1-2-22(16-8-4-3-5-9-16)17(23)14-21-12-6-7-15(13-21)18(24)20-11-10-19/h15-16H,2-14,19H2,1H3,(H,20,24). The SMILES string of the molecule is CCN(C(=O)CN1CCCC(C(=O)NCCN)C1)C1CCCCC1. The molecule has 2 aliphatic rings. The summed E-state index contributed by atoms with van der Waals surface area (Å²) in [5.74, 6) is 0.299. The zero-order chi connectivity index (χ0) is 17.4. The predicted molar refractivity (Wildman–Crippen MR) is 95.5 cm³/mol. The molecule has 6 heteroatoms. The van der Waals surface area contributed by atoms with Crippen LogP contribution in [0.1, 0.15) is 51.9 Å². The second-order valence-corrected chi connectivity index (χ2v) is 7.13. The number of piperidine rings is 1. The lowest BCUT2D eigenvalue weighted by atomic mass is 9.94. The van der Waals surface area contributed by atoms with Crippen molar-refractivity contribution in [3.8, 4) is 0 Å². The van der Waals surface area contributed by atoms with Gasteiger partial charge in [-0.2, -0.15) is 0 Å². The van der Waals surface area contributed by atoms with Gasteiger partial charge < -0.3 is 16.0 Å². The number of nitrogens with one attached hydrogen (secondary N) is 1. The number of likely N-dealkylation sites (N-methyl/N-ethyl adjacent to an activating group) is 1. The van der Waals surface area contributed by atoms with Gasteiger partial charge in [-0.3, -0.25) is 14.5 Å². The number of likely N-dealkylation sites (tertiary alicyclic amines) is 1. The van der Waals surface area contributed by atoms with Crippen molar-refractivity contribution in [2.45, 2.75) is 57.9 Å². The summed E-state index contributed by atoms with van der Waals surface area (Å²) in [6.45, 7) is 5.90. The first kappa shape index (κ1) is 19.2. The quantitative estimate of drug-likeness (QED) is 0.724. The zero-order valence-corrected chi connectivity index (χ0v) is 15.1. The van der Waals surface area contributed by atoms with Crippen LogP contribution in [0.4, 0.5) is 0 Å². The summed E-state index contributed by atoms with van der Waals surface area (Å²) in [5, 5.41) is 2.88. The third-order valence-corrected chi connectivity index (χ3v) is 5.36. The van der Waals surface area contributed by atoms with E-state index in [4.69, 9.17) is 5.73 Å². The van der Waals surface area contributed by atoms with Gasteiger partial charge in [0.2, 0.25) is 11.8 Å². The Morgan fingerprint density at radius 1 is 1.17 bits per heavy atom. The van der Waals surface area contributed by atoms with Crippen molar-refractivity contribution in [3.63, 3.8) is 0 Å². The number of nitrogens with zero attached hydrogens (tertiary/aromatic N) is 2. The van der Waals surface area contributed by atoms with Gasteiger partial charge >= 0.3 is 0 Å². The van der Waals surface area contributed by atoms with Crippen LogP contribution in [0.3, 0.4) is 0 Å². The molecule has 2 fully saturated rings. The van der Waals surface area contributed by atoms with E-state index >= 15 is 0 Å². The zero-order valence-electron chi connectivity index (χ0n) is 15.1. The van der Waals surface area contributed by atoms with Crippen LogP contribution in [-0.2, 0) is 9.59 Å². The first-order valence-electron chi connectivity index (χ1n) is 9.65. The van der Waals surface area contributed by atoms with Crippen LogP contribution in [0, 0.1) is 5.92 Å². The van der Waals surface area contributed by atoms with Gasteiger partial charge in [0.1, 0.15) is 0 Å². The molecule has 1 heterocycles. The number of hydrogen-bond donors (Lipinski definition) is 2. The summed E-state index contributed by atoms with van der Waals surface area (Å²) in [4.78, 5) is 29.1. The highest BCUT2D eigenvalue weighted by Crippen LogP contribution is 2.23. The van der Waals surface area contributed by atoms with Crippen LogP contribution < -0.4 is 11.1 Å². The van der Waals surface area contributed by atoms with E-state index in [0.29, 0.717) is 32.2 Å². The van der Waals surface area contributed by atoms with Crippen molar-refractivity contribution in [3.05, 3.63) is 0 Å². The molecule has 2 rings (SSSR count). The van der Waals surface area contributed by atoms with Crippen LogP contribution in [0.5, 0.6) is 0 Å². The molecule has 0 radical (unpaired) electrons. The molecular formula is C18H34N4O2. The fourth-order valence-corrected chi connectivity index (χ4v) is 4.07. The maximum atomic E-state index is 12.8. The molecule has 0 spiro atoms. The molecule has 3 N–H and O–H groups in total. The first-order valence-corrected chi connectivity index (χ1v) is 9.65. The van der Waals surface area contributed by atoms with Crippen LogP contribution >= 0.6 is 0 Å². The lowest BCUT2D eigenvalue weighted by molar-refractivity contribution is -0.137. The van der Waals surface area contributed by atoms with Crippen molar-refractivity contribution in [1.29, 1.82) is 0 Å². The maximum Gasteiger partial charge on any atom is 0.236 e. The van der Waals surface area contributed by atoms with Gasteiger partial charge in [-0.1, -0.05) is 19.3 Å². The average Bonchev–Trinajstić information content (AvgIpc) is 2.61. The van der Waals surface area contributed by atoms with E-state index in [9.17, 15) is 9.59 Å². The van der Waals surface area contributed by atoms with Crippen molar-refractivity contribution in [1.82, 2.24) is 15.1 Å². The summed E-state index contributed by atoms with van der Waals surface area (Å²) < 4.78 is 0. The number of nitrogens with two attached hydrogens (primary N) is 1.